The van der Waals surface area contributed by atoms with Crippen LogP contribution in [-0.2, 0) is 0 Å². The van der Waals surface area contributed by atoms with E-state index in [1.54, 1.807) is 0 Å². The molecule has 2 N–H and O–H groups in total. The lowest BCUT2D eigenvalue weighted by Gasteiger charge is -2.39. The summed E-state index contributed by atoms with van der Waals surface area (Å²) in [5, 5.41) is 21.5. The number of nitriles is 1. The Morgan fingerprint density at radius 3 is 2.93 bits per heavy atom. The van der Waals surface area contributed by atoms with Gasteiger partial charge in [-0.3, -0.25) is 5.32 Å². The Labute approximate surface area is 92.5 Å². The molecule has 0 radical (unpaired) electrons. The molecule has 15 heavy (non-hydrogen) atoms. The number of aliphatic hydroxyl groups excluding tert-OH is 1. The van der Waals surface area contributed by atoms with Crippen LogP contribution in [0.3, 0.4) is 0 Å². The zero-order valence-corrected chi connectivity index (χ0v) is 9.63. The molecule has 0 aliphatic heterocycles. The molecule has 2 atom stereocenters. The second-order valence-corrected chi connectivity index (χ2v) is 4.44. The SMILES string of the molecule is CCC1CCCCC1(C#N)NCCCO. The van der Waals surface area contributed by atoms with Crippen LogP contribution in [0.1, 0.15) is 45.4 Å². The maximum Gasteiger partial charge on any atom is 0.109 e. The molecule has 3 nitrogen and oxygen atoms in total. The normalized spacial score (nSPS) is 31.1. The van der Waals surface area contributed by atoms with Gasteiger partial charge in [0.1, 0.15) is 5.54 Å². The molecule has 0 aromatic carbocycles. The molecule has 0 spiro atoms. The van der Waals surface area contributed by atoms with Gasteiger partial charge < -0.3 is 5.11 Å². The third kappa shape index (κ3) is 2.93. The third-order valence-corrected chi connectivity index (χ3v) is 3.54. The Bertz CT molecular complexity index is 224. The van der Waals surface area contributed by atoms with Crippen LogP contribution >= 0.6 is 0 Å². The minimum absolute atomic E-state index is 0.200. The van der Waals surface area contributed by atoms with Gasteiger partial charge >= 0.3 is 0 Å². The van der Waals surface area contributed by atoms with Crippen LogP contribution in [0, 0.1) is 17.2 Å². The standard InChI is InChI=1S/C12H22N2O/c1-2-11-6-3-4-7-12(11,10-13)14-8-5-9-15/h11,14-15H,2-9H2,1H3. The van der Waals surface area contributed by atoms with E-state index >= 15 is 0 Å². The highest BCUT2D eigenvalue weighted by Gasteiger charge is 2.39. The summed E-state index contributed by atoms with van der Waals surface area (Å²) in [7, 11) is 0. The summed E-state index contributed by atoms with van der Waals surface area (Å²) in [5.74, 6) is 0.481. The average molecular weight is 210 g/mol. The first-order valence-corrected chi connectivity index (χ1v) is 6.06. The quantitative estimate of drug-likeness (QED) is 0.681. The summed E-state index contributed by atoms with van der Waals surface area (Å²) in [6, 6.07) is 2.48. The summed E-state index contributed by atoms with van der Waals surface area (Å²) in [6.07, 6.45) is 6.34. The molecule has 1 aliphatic carbocycles. The zero-order chi connectivity index (χ0) is 11.1. The van der Waals surface area contributed by atoms with Gasteiger partial charge in [0.25, 0.3) is 0 Å². The van der Waals surface area contributed by atoms with Crippen molar-refractivity contribution in [2.75, 3.05) is 13.2 Å². The molecule has 0 aromatic rings. The predicted octanol–water partition coefficient (Wildman–Crippen LogP) is 1.82. The van der Waals surface area contributed by atoms with Crippen molar-refractivity contribution in [1.29, 1.82) is 5.26 Å². The lowest BCUT2D eigenvalue weighted by atomic mass is 9.72. The zero-order valence-electron chi connectivity index (χ0n) is 9.63. The molecule has 0 aromatic heterocycles. The molecule has 2 unspecified atom stereocenters. The predicted molar refractivity (Wildman–Crippen MR) is 60.3 cm³/mol. The molecule has 3 heteroatoms. The summed E-state index contributed by atoms with van der Waals surface area (Å²) >= 11 is 0. The van der Waals surface area contributed by atoms with Crippen molar-refractivity contribution in [1.82, 2.24) is 5.32 Å². The van der Waals surface area contributed by atoms with E-state index in [1.165, 1.54) is 6.42 Å². The van der Waals surface area contributed by atoms with Crippen molar-refractivity contribution in [2.45, 2.75) is 51.0 Å². The minimum atomic E-state index is -0.317. The van der Waals surface area contributed by atoms with E-state index in [4.69, 9.17) is 5.11 Å². The van der Waals surface area contributed by atoms with E-state index < -0.39 is 0 Å². The fraction of sp³-hybridized carbons (Fsp3) is 0.917. The molecule has 1 saturated carbocycles. The Kier molecular flexibility index (Phi) is 5.07. The number of hydrogen-bond donors (Lipinski definition) is 2. The van der Waals surface area contributed by atoms with E-state index in [1.807, 2.05) is 0 Å². The van der Waals surface area contributed by atoms with Crippen LogP contribution in [0.4, 0.5) is 0 Å². The maximum atomic E-state index is 9.37. The summed E-state index contributed by atoms with van der Waals surface area (Å²) < 4.78 is 0. The number of rotatable bonds is 5. The van der Waals surface area contributed by atoms with Crippen molar-refractivity contribution >= 4 is 0 Å². The lowest BCUT2D eigenvalue weighted by Crippen LogP contribution is -2.52. The van der Waals surface area contributed by atoms with Crippen molar-refractivity contribution in [2.24, 2.45) is 5.92 Å². The van der Waals surface area contributed by atoms with Crippen LogP contribution in [0.5, 0.6) is 0 Å². The Morgan fingerprint density at radius 1 is 1.53 bits per heavy atom. The molecule has 86 valence electrons. The third-order valence-electron chi connectivity index (χ3n) is 3.54. The number of hydrogen-bond acceptors (Lipinski definition) is 3. The molecule has 1 fully saturated rings. The molecule has 1 rings (SSSR count). The van der Waals surface area contributed by atoms with Crippen LogP contribution in [0.15, 0.2) is 0 Å². The molecular formula is C12H22N2O. The van der Waals surface area contributed by atoms with Crippen LogP contribution in [0.2, 0.25) is 0 Å². The second kappa shape index (κ2) is 6.09. The van der Waals surface area contributed by atoms with Gasteiger partial charge in [0.05, 0.1) is 6.07 Å². The van der Waals surface area contributed by atoms with Gasteiger partial charge in [0.2, 0.25) is 0 Å². The first kappa shape index (κ1) is 12.5. The lowest BCUT2D eigenvalue weighted by molar-refractivity contribution is 0.185. The fourth-order valence-corrected chi connectivity index (χ4v) is 2.61. The minimum Gasteiger partial charge on any atom is -0.396 e. The van der Waals surface area contributed by atoms with Gasteiger partial charge in [-0.05, 0) is 31.7 Å². The van der Waals surface area contributed by atoms with E-state index in [2.05, 4.69) is 18.3 Å². The Hall–Kier alpha value is -0.590. The van der Waals surface area contributed by atoms with E-state index in [-0.39, 0.29) is 12.1 Å². The highest BCUT2D eigenvalue weighted by atomic mass is 16.3. The van der Waals surface area contributed by atoms with Gasteiger partial charge in [-0.2, -0.15) is 5.26 Å². The van der Waals surface area contributed by atoms with E-state index in [9.17, 15) is 5.26 Å². The summed E-state index contributed by atoms with van der Waals surface area (Å²) in [5.41, 5.74) is -0.317. The molecule has 0 bridgehead atoms. The van der Waals surface area contributed by atoms with E-state index in [0.29, 0.717) is 5.92 Å². The monoisotopic (exact) mass is 210 g/mol. The smallest absolute Gasteiger partial charge is 0.109 e. The van der Waals surface area contributed by atoms with Gasteiger partial charge in [-0.1, -0.05) is 26.2 Å². The van der Waals surface area contributed by atoms with Gasteiger partial charge in [0.15, 0.2) is 0 Å². The average Bonchev–Trinajstić information content (AvgIpc) is 2.30. The first-order valence-electron chi connectivity index (χ1n) is 6.06. The van der Waals surface area contributed by atoms with Crippen LogP contribution < -0.4 is 5.32 Å². The van der Waals surface area contributed by atoms with E-state index in [0.717, 1.165) is 38.6 Å². The fourth-order valence-electron chi connectivity index (χ4n) is 2.61. The van der Waals surface area contributed by atoms with Crippen molar-refractivity contribution in [3.05, 3.63) is 0 Å². The summed E-state index contributed by atoms with van der Waals surface area (Å²) in [6.45, 7) is 3.11. The summed E-state index contributed by atoms with van der Waals surface area (Å²) in [4.78, 5) is 0. The second-order valence-electron chi connectivity index (χ2n) is 4.44. The van der Waals surface area contributed by atoms with Crippen molar-refractivity contribution in [3.63, 3.8) is 0 Å². The van der Waals surface area contributed by atoms with Crippen molar-refractivity contribution < 1.29 is 5.11 Å². The molecule has 0 saturated heterocycles. The highest BCUT2D eigenvalue weighted by Crippen LogP contribution is 2.35. The maximum absolute atomic E-state index is 9.37. The topological polar surface area (TPSA) is 56.0 Å². The van der Waals surface area contributed by atoms with Gasteiger partial charge in [-0.15, -0.1) is 0 Å². The largest absolute Gasteiger partial charge is 0.396 e. The van der Waals surface area contributed by atoms with Crippen molar-refractivity contribution in [3.8, 4) is 6.07 Å². The number of nitrogens with zero attached hydrogens (tertiary/aromatic N) is 1. The van der Waals surface area contributed by atoms with Gasteiger partial charge in [-0.25, -0.2) is 0 Å². The van der Waals surface area contributed by atoms with Crippen LogP contribution in [-0.4, -0.2) is 23.8 Å². The molecule has 0 heterocycles. The highest BCUT2D eigenvalue weighted by molar-refractivity contribution is 5.12. The molecule has 1 aliphatic rings. The molecule has 0 amide bonds. The number of aliphatic hydroxyl groups is 1. The number of nitrogens with one attached hydrogen (secondary N) is 1. The Balaban J connectivity index is 2.58. The first-order chi connectivity index (χ1) is 7.29. The van der Waals surface area contributed by atoms with Gasteiger partial charge in [0, 0.05) is 6.61 Å². The Morgan fingerprint density at radius 2 is 2.33 bits per heavy atom. The molecular weight excluding hydrogens is 188 g/mol. The van der Waals surface area contributed by atoms with Crippen LogP contribution in [0.25, 0.3) is 0 Å².